The van der Waals surface area contributed by atoms with Crippen LogP contribution in [0.1, 0.15) is 21.6 Å². The van der Waals surface area contributed by atoms with Crippen molar-refractivity contribution in [2.24, 2.45) is 5.73 Å². The molecule has 0 radical (unpaired) electrons. The lowest BCUT2D eigenvalue weighted by Gasteiger charge is -2.10. The fraction of sp³-hybridized carbons (Fsp3) is 0.200. The third-order valence-corrected chi connectivity index (χ3v) is 4.69. The number of nitrogens with zero attached hydrogens (tertiary/aromatic N) is 2. The van der Waals surface area contributed by atoms with Gasteiger partial charge in [0.1, 0.15) is 6.04 Å². The highest BCUT2D eigenvalue weighted by molar-refractivity contribution is 5.97. The van der Waals surface area contributed by atoms with Gasteiger partial charge in [-0.2, -0.15) is 0 Å². The number of carboxylic acids is 1. The van der Waals surface area contributed by atoms with E-state index in [9.17, 15) is 9.59 Å². The largest absolute Gasteiger partial charge is 0.480 e. The van der Waals surface area contributed by atoms with E-state index < -0.39 is 12.0 Å². The molecule has 1 amide bonds. The molecule has 2 aromatic heterocycles. The van der Waals surface area contributed by atoms with Crippen molar-refractivity contribution in [3.05, 3.63) is 59.4 Å². The van der Waals surface area contributed by atoms with Gasteiger partial charge in [0.25, 0.3) is 5.91 Å². The van der Waals surface area contributed by atoms with Crippen molar-refractivity contribution in [1.82, 2.24) is 20.3 Å². The Kier molecular flexibility index (Phi) is 4.62. The first-order valence-electron chi connectivity index (χ1n) is 8.92. The molecule has 0 saturated heterocycles. The van der Waals surface area contributed by atoms with Gasteiger partial charge in [0, 0.05) is 30.4 Å². The number of amides is 1. The minimum absolute atomic E-state index is 0.0829. The van der Waals surface area contributed by atoms with E-state index in [1.54, 1.807) is 18.3 Å². The number of hydrogen-bond donors (Lipinski definition) is 4. The van der Waals surface area contributed by atoms with Crippen LogP contribution >= 0.6 is 0 Å². The predicted molar refractivity (Wildman–Crippen MR) is 103 cm³/mol. The van der Waals surface area contributed by atoms with Crippen LogP contribution in [0, 0.1) is 0 Å². The molecule has 3 aromatic rings. The van der Waals surface area contributed by atoms with Crippen molar-refractivity contribution < 1.29 is 14.7 Å². The third-order valence-electron chi connectivity index (χ3n) is 4.69. The smallest absolute Gasteiger partial charge is 0.320 e. The predicted octanol–water partition coefficient (Wildman–Crippen LogP) is 1.38. The summed E-state index contributed by atoms with van der Waals surface area (Å²) in [7, 11) is 0. The van der Waals surface area contributed by atoms with E-state index in [4.69, 9.17) is 10.8 Å². The summed E-state index contributed by atoms with van der Waals surface area (Å²) in [6.07, 6.45) is 2.64. The van der Waals surface area contributed by atoms with Crippen LogP contribution in [0.4, 0.5) is 0 Å². The highest BCUT2D eigenvalue weighted by Gasteiger charge is 2.20. The van der Waals surface area contributed by atoms with Crippen molar-refractivity contribution in [2.75, 3.05) is 6.54 Å². The van der Waals surface area contributed by atoms with E-state index in [1.165, 1.54) is 0 Å². The molecule has 1 aromatic carbocycles. The molecule has 0 fully saturated rings. The molecule has 142 valence electrons. The zero-order chi connectivity index (χ0) is 19.7. The van der Waals surface area contributed by atoms with Crippen LogP contribution in [-0.2, 0) is 17.6 Å². The lowest BCUT2D eigenvalue weighted by Crippen LogP contribution is -2.32. The number of rotatable bonds is 5. The molecular weight excluding hydrogens is 358 g/mol. The Labute approximate surface area is 160 Å². The minimum atomic E-state index is -1.04. The lowest BCUT2D eigenvalue weighted by atomic mass is 10.0. The maximum Gasteiger partial charge on any atom is 0.320 e. The normalized spacial score (nSPS) is 14.2. The first kappa shape index (κ1) is 17.9. The molecule has 1 atom stereocenters. The van der Waals surface area contributed by atoms with Crippen LogP contribution in [0.15, 0.2) is 42.6 Å². The summed E-state index contributed by atoms with van der Waals surface area (Å²) in [6.45, 7) is 0.617. The molecule has 5 N–H and O–H groups in total. The Balaban J connectivity index is 1.65. The molecule has 28 heavy (non-hydrogen) atoms. The van der Waals surface area contributed by atoms with Crippen molar-refractivity contribution >= 4 is 11.9 Å². The number of H-pyrrole nitrogens is 1. The van der Waals surface area contributed by atoms with Gasteiger partial charge in [-0.1, -0.05) is 18.2 Å². The monoisotopic (exact) mass is 377 g/mol. The topological polar surface area (TPSA) is 134 Å². The van der Waals surface area contributed by atoms with Crippen LogP contribution in [0.3, 0.4) is 0 Å². The number of nitrogens with one attached hydrogen (secondary N) is 2. The number of nitrogens with two attached hydrogens (primary N) is 1. The number of hydrogen-bond acceptors (Lipinski definition) is 5. The molecule has 0 bridgehead atoms. The summed E-state index contributed by atoms with van der Waals surface area (Å²) in [5.74, 6) is -0.607. The average molecular weight is 377 g/mol. The van der Waals surface area contributed by atoms with Gasteiger partial charge in [0.2, 0.25) is 0 Å². The summed E-state index contributed by atoms with van der Waals surface area (Å²) in [5, 5.41) is 11.8. The van der Waals surface area contributed by atoms with Gasteiger partial charge in [-0.15, -0.1) is 0 Å². The van der Waals surface area contributed by atoms with Gasteiger partial charge in [-0.25, -0.2) is 9.97 Å². The average Bonchev–Trinajstić information content (AvgIpc) is 3.14. The number of carbonyl (C=O) groups excluding carboxylic acids is 1. The van der Waals surface area contributed by atoms with E-state index in [-0.39, 0.29) is 12.3 Å². The Morgan fingerprint density at radius 2 is 2.14 bits per heavy atom. The van der Waals surface area contributed by atoms with Crippen LogP contribution in [-0.4, -0.2) is 44.5 Å². The molecule has 4 rings (SSSR count). The second-order valence-corrected chi connectivity index (χ2v) is 6.70. The zero-order valence-corrected chi connectivity index (χ0v) is 15.0. The number of aromatic nitrogens is 3. The quantitative estimate of drug-likeness (QED) is 0.531. The highest BCUT2D eigenvalue weighted by Crippen LogP contribution is 2.25. The van der Waals surface area contributed by atoms with Crippen LogP contribution in [0.5, 0.6) is 0 Å². The van der Waals surface area contributed by atoms with E-state index in [0.29, 0.717) is 23.6 Å². The molecule has 8 nitrogen and oxygen atoms in total. The Morgan fingerprint density at radius 1 is 1.29 bits per heavy atom. The van der Waals surface area contributed by atoms with E-state index in [0.717, 1.165) is 28.9 Å². The van der Waals surface area contributed by atoms with Crippen molar-refractivity contribution in [2.45, 2.75) is 18.9 Å². The van der Waals surface area contributed by atoms with Gasteiger partial charge in [-0.05, 0) is 30.2 Å². The van der Waals surface area contributed by atoms with Crippen molar-refractivity contribution in [1.29, 1.82) is 0 Å². The SMILES string of the molecule is N[C@H](Cc1cccc(-c2nccc(-c3cc4c([nH]3)CCNC4=O)n2)c1)C(=O)O. The van der Waals surface area contributed by atoms with Gasteiger partial charge < -0.3 is 21.1 Å². The maximum absolute atomic E-state index is 12.0. The van der Waals surface area contributed by atoms with Gasteiger partial charge in [0.15, 0.2) is 5.82 Å². The molecule has 3 heterocycles. The highest BCUT2D eigenvalue weighted by atomic mass is 16.4. The molecule has 1 aliphatic rings. The summed E-state index contributed by atoms with van der Waals surface area (Å²) in [4.78, 5) is 35.2. The second kappa shape index (κ2) is 7.24. The third kappa shape index (κ3) is 3.49. The fourth-order valence-electron chi connectivity index (χ4n) is 3.26. The second-order valence-electron chi connectivity index (χ2n) is 6.70. The zero-order valence-electron chi connectivity index (χ0n) is 15.0. The number of carbonyl (C=O) groups is 2. The van der Waals surface area contributed by atoms with Crippen molar-refractivity contribution in [3.63, 3.8) is 0 Å². The molecule has 0 spiro atoms. The van der Waals surface area contributed by atoms with E-state index in [1.807, 2.05) is 24.3 Å². The summed E-state index contributed by atoms with van der Waals surface area (Å²) in [6, 6.07) is 9.98. The Bertz CT molecular complexity index is 1060. The van der Waals surface area contributed by atoms with E-state index >= 15 is 0 Å². The number of aromatic amines is 1. The van der Waals surface area contributed by atoms with Crippen LogP contribution in [0.25, 0.3) is 22.8 Å². The standard InChI is InChI=1S/C20H19N5O3/c21-14(20(27)28)9-11-2-1-3-12(8-11)18-22-6-5-16(25-18)17-10-13-15(24-17)4-7-23-19(13)26/h1-3,5-6,8,10,14,24H,4,7,9,21H2,(H,23,26)(H,27,28)/t14-/m1/s1. The minimum Gasteiger partial charge on any atom is -0.480 e. The van der Waals surface area contributed by atoms with Crippen LogP contribution < -0.4 is 11.1 Å². The lowest BCUT2D eigenvalue weighted by molar-refractivity contribution is -0.138. The molecule has 1 aliphatic heterocycles. The Morgan fingerprint density at radius 3 is 2.93 bits per heavy atom. The van der Waals surface area contributed by atoms with Crippen LogP contribution in [0.2, 0.25) is 0 Å². The molecule has 0 aliphatic carbocycles. The number of aliphatic carboxylic acids is 1. The first-order valence-corrected chi connectivity index (χ1v) is 8.92. The molecule has 0 unspecified atom stereocenters. The molecule has 8 heteroatoms. The number of benzene rings is 1. The summed E-state index contributed by atoms with van der Waals surface area (Å²) < 4.78 is 0. The number of carboxylic acid groups (broad SMARTS) is 1. The summed E-state index contributed by atoms with van der Waals surface area (Å²) >= 11 is 0. The summed E-state index contributed by atoms with van der Waals surface area (Å²) in [5.41, 5.74) is 10.2. The van der Waals surface area contributed by atoms with Gasteiger partial charge in [0.05, 0.1) is 17.0 Å². The van der Waals surface area contributed by atoms with Gasteiger partial charge in [-0.3, -0.25) is 9.59 Å². The molecule has 0 saturated carbocycles. The number of fused-ring (bicyclic) bond motifs is 1. The first-order chi connectivity index (χ1) is 13.5. The van der Waals surface area contributed by atoms with E-state index in [2.05, 4.69) is 20.3 Å². The Hall–Kier alpha value is -3.52. The fourth-order valence-corrected chi connectivity index (χ4v) is 3.26. The molecular formula is C20H19N5O3. The maximum atomic E-state index is 12.0. The van der Waals surface area contributed by atoms with Gasteiger partial charge >= 0.3 is 5.97 Å². The van der Waals surface area contributed by atoms with Crippen molar-refractivity contribution in [3.8, 4) is 22.8 Å².